The van der Waals surface area contributed by atoms with E-state index < -0.39 is 5.79 Å². The van der Waals surface area contributed by atoms with E-state index in [1.54, 1.807) is 0 Å². The average molecular weight is 378 g/mol. The lowest BCUT2D eigenvalue weighted by Crippen LogP contribution is -2.66. The third-order valence-corrected chi connectivity index (χ3v) is 5.17. The molecule has 1 saturated heterocycles. The molecule has 0 radical (unpaired) electrons. The SMILES string of the molecule is CCCOC1(OCCC)CC(C)(C)N(OC(C)c2ccccc2)C(C)(C)C1. The van der Waals surface area contributed by atoms with Crippen LogP contribution in [0.25, 0.3) is 0 Å². The van der Waals surface area contributed by atoms with Crippen molar-refractivity contribution in [2.75, 3.05) is 13.2 Å². The van der Waals surface area contributed by atoms with Gasteiger partial charge in [0, 0.05) is 37.1 Å². The van der Waals surface area contributed by atoms with Gasteiger partial charge < -0.3 is 9.47 Å². The van der Waals surface area contributed by atoms with Crippen molar-refractivity contribution in [3.8, 4) is 0 Å². The highest BCUT2D eigenvalue weighted by Gasteiger charge is 2.55. The Kier molecular flexibility index (Phi) is 7.48. The zero-order valence-corrected chi connectivity index (χ0v) is 18.4. The predicted octanol–water partition coefficient (Wildman–Crippen LogP) is 5.88. The summed E-state index contributed by atoms with van der Waals surface area (Å²) in [6.07, 6.45) is 3.54. The van der Waals surface area contributed by atoms with Gasteiger partial charge >= 0.3 is 0 Å². The van der Waals surface area contributed by atoms with Gasteiger partial charge in [-0.25, -0.2) is 0 Å². The molecule has 0 saturated carbocycles. The number of rotatable bonds is 9. The quantitative estimate of drug-likeness (QED) is 0.503. The van der Waals surface area contributed by atoms with Crippen molar-refractivity contribution in [1.82, 2.24) is 5.06 Å². The van der Waals surface area contributed by atoms with E-state index in [9.17, 15) is 0 Å². The Morgan fingerprint density at radius 3 is 1.81 bits per heavy atom. The van der Waals surface area contributed by atoms with Crippen LogP contribution in [0, 0.1) is 0 Å². The van der Waals surface area contributed by atoms with E-state index in [1.807, 2.05) is 6.07 Å². The molecule has 1 fully saturated rings. The fourth-order valence-electron chi connectivity index (χ4n) is 4.39. The summed E-state index contributed by atoms with van der Waals surface area (Å²) in [5.74, 6) is -0.547. The standard InChI is InChI=1S/C23H39NO3/c1-8-15-25-23(26-16-9-2)17-21(4,5)24(22(6,7)18-23)27-19(3)20-13-11-10-12-14-20/h10-14,19H,8-9,15-18H2,1-7H3. The van der Waals surface area contributed by atoms with Crippen LogP contribution in [0.15, 0.2) is 30.3 Å². The molecule has 27 heavy (non-hydrogen) atoms. The number of nitrogens with zero attached hydrogens (tertiary/aromatic N) is 1. The van der Waals surface area contributed by atoms with Crippen molar-refractivity contribution >= 4 is 0 Å². The summed E-state index contributed by atoms with van der Waals surface area (Å²) < 4.78 is 12.7. The van der Waals surface area contributed by atoms with Gasteiger partial charge in [-0.15, -0.1) is 0 Å². The van der Waals surface area contributed by atoms with Gasteiger partial charge in [-0.3, -0.25) is 4.84 Å². The maximum absolute atomic E-state index is 6.53. The second kappa shape index (κ2) is 9.04. The number of ether oxygens (including phenoxy) is 2. The summed E-state index contributed by atoms with van der Waals surface area (Å²) in [7, 11) is 0. The molecular weight excluding hydrogens is 338 g/mol. The third-order valence-electron chi connectivity index (χ3n) is 5.17. The Labute approximate surface area is 166 Å². The average Bonchev–Trinajstić information content (AvgIpc) is 2.61. The first-order valence-corrected chi connectivity index (χ1v) is 10.5. The number of hydrogen-bond acceptors (Lipinski definition) is 4. The molecular formula is C23H39NO3. The number of hydrogen-bond donors (Lipinski definition) is 0. The monoisotopic (exact) mass is 377 g/mol. The molecule has 4 nitrogen and oxygen atoms in total. The van der Waals surface area contributed by atoms with Crippen LogP contribution in [-0.2, 0) is 14.3 Å². The van der Waals surface area contributed by atoms with Crippen molar-refractivity contribution in [1.29, 1.82) is 0 Å². The van der Waals surface area contributed by atoms with E-state index >= 15 is 0 Å². The van der Waals surface area contributed by atoms with Gasteiger partial charge in [-0.1, -0.05) is 44.2 Å². The molecule has 0 amide bonds. The van der Waals surface area contributed by atoms with Crippen LogP contribution in [0.3, 0.4) is 0 Å². The normalized spacial score (nSPS) is 22.5. The Hall–Kier alpha value is -0.940. The lowest BCUT2D eigenvalue weighted by Gasteiger charge is -2.58. The lowest BCUT2D eigenvalue weighted by molar-refractivity contribution is -0.368. The minimum Gasteiger partial charge on any atom is -0.350 e. The number of hydroxylamine groups is 2. The van der Waals surface area contributed by atoms with Gasteiger partial charge in [0.2, 0.25) is 0 Å². The highest BCUT2D eigenvalue weighted by atomic mass is 16.7. The summed E-state index contributed by atoms with van der Waals surface area (Å²) in [6.45, 7) is 16.7. The molecule has 4 heteroatoms. The van der Waals surface area contributed by atoms with Crippen molar-refractivity contribution in [2.45, 2.75) is 97.1 Å². The van der Waals surface area contributed by atoms with Crippen LogP contribution in [0.5, 0.6) is 0 Å². The van der Waals surface area contributed by atoms with Crippen LogP contribution >= 0.6 is 0 Å². The van der Waals surface area contributed by atoms with E-state index in [0.29, 0.717) is 0 Å². The molecule has 0 aliphatic carbocycles. The van der Waals surface area contributed by atoms with Crippen LogP contribution in [-0.4, -0.2) is 35.1 Å². The summed E-state index contributed by atoms with van der Waals surface area (Å²) in [5, 5.41) is 2.18. The van der Waals surface area contributed by atoms with Crippen molar-refractivity contribution in [3.63, 3.8) is 0 Å². The van der Waals surface area contributed by atoms with Crippen molar-refractivity contribution in [3.05, 3.63) is 35.9 Å². The maximum atomic E-state index is 6.53. The third kappa shape index (κ3) is 5.54. The Balaban J connectivity index is 2.23. The maximum Gasteiger partial charge on any atom is 0.171 e. The minimum absolute atomic E-state index is 0.00892. The first-order valence-electron chi connectivity index (χ1n) is 10.5. The van der Waals surface area contributed by atoms with Gasteiger partial charge in [-0.2, -0.15) is 5.06 Å². The lowest BCUT2D eigenvalue weighted by atomic mass is 9.77. The predicted molar refractivity (Wildman–Crippen MR) is 110 cm³/mol. The molecule has 0 spiro atoms. The second-order valence-electron chi connectivity index (χ2n) is 9.04. The Morgan fingerprint density at radius 1 is 0.889 bits per heavy atom. The second-order valence-corrected chi connectivity index (χ2v) is 9.04. The first kappa shape index (κ1) is 22.4. The zero-order chi connectivity index (χ0) is 20.1. The van der Waals surface area contributed by atoms with Gasteiger partial charge in [0.05, 0.1) is 0 Å². The molecule has 1 heterocycles. The minimum atomic E-state index is -0.547. The van der Waals surface area contributed by atoms with Crippen LogP contribution in [0.4, 0.5) is 0 Å². The molecule has 1 aliphatic heterocycles. The first-order chi connectivity index (χ1) is 12.7. The highest BCUT2D eigenvalue weighted by Crippen LogP contribution is 2.47. The Morgan fingerprint density at radius 2 is 1.37 bits per heavy atom. The molecule has 0 N–H and O–H groups in total. The van der Waals surface area contributed by atoms with E-state index in [2.05, 4.69) is 77.8 Å². The summed E-state index contributed by atoms with van der Waals surface area (Å²) in [6, 6.07) is 10.4. The Bertz CT molecular complexity index is 542. The van der Waals surface area contributed by atoms with Crippen LogP contribution in [0.1, 0.15) is 85.8 Å². The van der Waals surface area contributed by atoms with Gasteiger partial charge in [0.1, 0.15) is 6.10 Å². The van der Waals surface area contributed by atoms with E-state index in [-0.39, 0.29) is 17.2 Å². The molecule has 154 valence electrons. The molecule has 1 aromatic rings. The fourth-order valence-corrected chi connectivity index (χ4v) is 4.39. The molecule has 1 aromatic carbocycles. The number of benzene rings is 1. The van der Waals surface area contributed by atoms with Crippen molar-refractivity contribution < 1.29 is 14.3 Å². The molecule has 1 unspecified atom stereocenters. The summed E-state index contributed by atoms with van der Waals surface area (Å²) in [4.78, 5) is 6.53. The molecule has 0 aromatic heterocycles. The van der Waals surface area contributed by atoms with Crippen LogP contribution in [0.2, 0.25) is 0 Å². The van der Waals surface area contributed by atoms with Gasteiger partial charge in [0.15, 0.2) is 5.79 Å². The van der Waals surface area contributed by atoms with Gasteiger partial charge in [-0.05, 0) is 53.0 Å². The zero-order valence-electron chi connectivity index (χ0n) is 18.4. The number of piperidine rings is 1. The molecule has 0 bridgehead atoms. The summed E-state index contributed by atoms with van der Waals surface area (Å²) >= 11 is 0. The molecule has 1 atom stereocenters. The fraction of sp³-hybridized carbons (Fsp3) is 0.739. The molecule has 2 rings (SSSR count). The van der Waals surface area contributed by atoms with Crippen molar-refractivity contribution in [2.24, 2.45) is 0 Å². The molecule has 1 aliphatic rings. The smallest absolute Gasteiger partial charge is 0.171 e. The summed E-state index contributed by atoms with van der Waals surface area (Å²) in [5.41, 5.74) is 0.754. The highest BCUT2D eigenvalue weighted by molar-refractivity contribution is 5.17. The van der Waals surface area contributed by atoms with E-state index in [1.165, 1.54) is 5.56 Å². The largest absolute Gasteiger partial charge is 0.350 e. The van der Waals surface area contributed by atoms with E-state index in [0.717, 1.165) is 38.9 Å². The topological polar surface area (TPSA) is 30.9 Å². The van der Waals surface area contributed by atoms with E-state index in [4.69, 9.17) is 14.3 Å². The van der Waals surface area contributed by atoms with Gasteiger partial charge in [0.25, 0.3) is 0 Å². The van der Waals surface area contributed by atoms with Crippen LogP contribution < -0.4 is 0 Å².